The van der Waals surface area contributed by atoms with E-state index in [0.29, 0.717) is 0 Å². The summed E-state index contributed by atoms with van der Waals surface area (Å²) >= 11 is 0. The number of aliphatic hydroxyl groups is 1. The van der Waals surface area contributed by atoms with Crippen molar-refractivity contribution in [2.45, 2.75) is 20.8 Å². The summed E-state index contributed by atoms with van der Waals surface area (Å²) in [5.41, 5.74) is 0.759. The first-order chi connectivity index (χ1) is 4.66. The Labute approximate surface area is 62.6 Å². The van der Waals surface area contributed by atoms with Gasteiger partial charge in [0.2, 0.25) is 5.88 Å². The van der Waals surface area contributed by atoms with E-state index in [1.807, 2.05) is 13.8 Å². The maximum Gasteiger partial charge on any atom is 0.210 e. The van der Waals surface area contributed by atoms with Gasteiger partial charge in [0.25, 0.3) is 0 Å². The molecule has 0 amide bonds. The lowest BCUT2D eigenvalue weighted by Gasteiger charge is -1.86. The molecule has 1 N–H and O–H groups in total. The van der Waals surface area contributed by atoms with Gasteiger partial charge in [-0.25, -0.2) is 4.99 Å². The number of hydrogen-bond acceptors (Lipinski definition) is 2. The summed E-state index contributed by atoms with van der Waals surface area (Å²) in [5, 5.41) is 8.60. The Balaban J connectivity index is 0. The van der Waals surface area contributed by atoms with Crippen LogP contribution in [0.25, 0.3) is 0 Å². The van der Waals surface area contributed by atoms with Gasteiger partial charge in [0, 0.05) is 6.08 Å². The maximum absolute atomic E-state index is 8.60. The van der Waals surface area contributed by atoms with E-state index in [4.69, 9.17) is 5.11 Å². The molecule has 0 aliphatic carbocycles. The summed E-state index contributed by atoms with van der Waals surface area (Å²) in [4.78, 5) is 3.23. The van der Waals surface area contributed by atoms with Crippen molar-refractivity contribution in [3.8, 4) is 0 Å². The van der Waals surface area contributed by atoms with Gasteiger partial charge in [0.1, 0.15) is 0 Å². The second-order valence-corrected chi connectivity index (χ2v) is 1.51. The highest BCUT2D eigenvalue weighted by Gasteiger charge is 1.81. The Morgan fingerprint density at radius 3 is 2.00 bits per heavy atom. The monoisotopic (exact) mass is 141 g/mol. The molecule has 0 aliphatic rings. The fraction of sp³-hybridized carbons (Fsp3) is 0.375. The number of nitrogens with zero attached hydrogens (tertiary/aromatic N) is 1. The molecule has 0 radical (unpaired) electrons. The lowest BCUT2D eigenvalue weighted by atomic mass is 10.3. The molecule has 2 heteroatoms. The molecule has 0 fully saturated rings. The van der Waals surface area contributed by atoms with E-state index in [2.05, 4.69) is 18.3 Å². The van der Waals surface area contributed by atoms with Gasteiger partial charge in [-0.3, -0.25) is 0 Å². The first-order valence-corrected chi connectivity index (χ1v) is 3.19. The SMILES string of the molecule is C=N/C(O)=C\C(=C)C.CC. The highest BCUT2D eigenvalue weighted by Crippen LogP contribution is 1.94. The minimum atomic E-state index is -0.0856. The number of allylic oxidation sites excluding steroid dienone is 2. The molecule has 2 nitrogen and oxygen atoms in total. The van der Waals surface area contributed by atoms with Crippen LogP contribution in [0.3, 0.4) is 0 Å². The predicted octanol–water partition coefficient (Wildman–Crippen LogP) is 2.69. The maximum atomic E-state index is 8.60. The van der Waals surface area contributed by atoms with E-state index in [1.165, 1.54) is 6.08 Å². The van der Waals surface area contributed by atoms with Gasteiger partial charge in [-0.2, -0.15) is 0 Å². The van der Waals surface area contributed by atoms with Gasteiger partial charge < -0.3 is 5.11 Å². The van der Waals surface area contributed by atoms with E-state index < -0.39 is 0 Å². The van der Waals surface area contributed by atoms with Crippen molar-refractivity contribution >= 4 is 6.72 Å². The van der Waals surface area contributed by atoms with Crippen LogP contribution >= 0.6 is 0 Å². The molecule has 0 aromatic carbocycles. The number of rotatable bonds is 2. The molecule has 0 unspecified atom stereocenters. The Morgan fingerprint density at radius 1 is 1.50 bits per heavy atom. The number of hydrogen-bond donors (Lipinski definition) is 1. The normalized spacial score (nSPS) is 9.30. The van der Waals surface area contributed by atoms with Crippen LogP contribution in [-0.4, -0.2) is 11.8 Å². The zero-order valence-corrected chi connectivity index (χ0v) is 6.89. The van der Waals surface area contributed by atoms with Crippen molar-refractivity contribution in [3.63, 3.8) is 0 Å². The minimum absolute atomic E-state index is 0.0856. The highest BCUT2D eigenvalue weighted by molar-refractivity contribution is 5.28. The summed E-state index contributed by atoms with van der Waals surface area (Å²) in [6.07, 6.45) is 1.44. The first kappa shape index (κ1) is 11.7. The van der Waals surface area contributed by atoms with Crippen molar-refractivity contribution in [3.05, 3.63) is 24.1 Å². The Bertz CT molecular complexity index is 136. The van der Waals surface area contributed by atoms with E-state index >= 15 is 0 Å². The Hall–Kier alpha value is -1.05. The van der Waals surface area contributed by atoms with Gasteiger partial charge in [-0.05, 0) is 13.6 Å². The molecule has 0 aliphatic heterocycles. The van der Waals surface area contributed by atoms with Crippen molar-refractivity contribution in [1.82, 2.24) is 0 Å². The van der Waals surface area contributed by atoms with Gasteiger partial charge in [-0.15, -0.1) is 0 Å². The van der Waals surface area contributed by atoms with Crippen molar-refractivity contribution in [2.24, 2.45) is 4.99 Å². The van der Waals surface area contributed by atoms with E-state index in [0.717, 1.165) is 5.57 Å². The molecule has 0 saturated carbocycles. The van der Waals surface area contributed by atoms with Crippen molar-refractivity contribution in [2.75, 3.05) is 0 Å². The largest absolute Gasteiger partial charge is 0.493 e. The van der Waals surface area contributed by atoms with Crippen molar-refractivity contribution in [1.29, 1.82) is 0 Å². The molecule has 10 heavy (non-hydrogen) atoms. The van der Waals surface area contributed by atoms with Crippen LogP contribution in [0.15, 0.2) is 29.1 Å². The fourth-order valence-electron chi connectivity index (χ4n) is 0.266. The third-order valence-corrected chi connectivity index (χ3v) is 0.537. The molecular weight excluding hydrogens is 126 g/mol. The van der Waals surface area contributed by atoms with Crippen LogP contribution in [0.4, 0.5) is 0 Å². The Kier molecular flexibility index (Phi) is 9.31. The molecule has 0 rings (SSSR count). The zero-order chi connectivity index (χ0) is 8.57. The second kappa shape index (κ2) is 7.95. The van der Waals surface area contributed by atoms with Crippen LogP contribution in [0.2, 0.25) is 0 Å². The second-order valence-electron chi connectivity index (χ2n) is 1.51. The van der Waals surface area contributed by atoms with Gasteiger partial charge in [-0.1, -0.05) is 26.0 Å². The molecule has 58 valence electrons. The lowest BCUT2D eigenvalue weighted by Crippen LogP contribution is -1.72. The molecule has 0 aromatic rings. The summed E-state index contributed by atoms with van der Waals surface area (Å²) in [6, 6.07) is 0. The van der Waals surface area contributed by atoms with Gasteiger partial charge in [0.05, 0.1) is 0 Å². The molecular formula is C8H15NO. The van der Waals surface area contributed by atoms with Gasteiger partial charge in [0.15, 0.2) is 0 Å². The molecule has 0 aromatic heterocycles. The fourth-order valence-corrected chi connectivity index (χ4v) is 0.266. The minimum Gasteiger partial charge on any atom is -0.493 e. The molecule has 0 spiro atoms. The van der Waals surface area contributed by atoms with Crippen LogP contribution in [0.5, 0.6) is 0 Å². The third-order valence-electron chi connectivity index (χ3n) is 0.537. The van der Waals surface area contributed by atoms with Crippen LogP contribution in [0.1, 0.15) is 20.8 Å². The molecule has 0 atom stereocenters. The first-order valence-electron chi connectivity index (χ1n) is 3.19. The summed E-state index contributed by atoms with van der Waals surface area (Å²) in [6.45, 7) is 12.4. The smallest absolute Gasteiger partial charge is 0.210 e. The average Bonchev–Trinajstić information content (AvgIpc) is 1.91. The Morgan fingerprint density at radius 2 is 1.90 bits per heavy atom. The van der Waals surface area contributed by atoms with Crippen molar-refractivity contribution < 1.29 is 5.11 Å². The summed E-state index contributed by atoms with van der Waals surface area (Å²) in [5.74, 6) is -0.0856. The van der Waals surface area contributed by atoms with Gasteiger partial charge >= 0.3 is 0 Å². The van der Waals surface area contributed by atoms with Crippen LogP contribution < -0.4 is 0 Å². The standard InChI is InChI=1S/C6H9NO.C2H6/c1-5(2)4-6(8)7-3;1-2/h4,8H,1,3H2,2H3;1-2H3/b6-4+;. The molecule has 0 saturated heterocycles. The lowest BCUT2D eigenvalue weighted by molar-refractivity contribution is 0.407. The number of aliphatic hydroxyl groups excluding tert-OH is 1. The zero-order valence-electron chi connectivity index (χ0n) is 6.89. The number of aliphatic imine (C=N–C) groups is 1. The highest BCUT2D eigenvalue weighted by atomic mass is 16.3. The molecule has 0 bridgehead atoms. The summed E-state index contributed by atoms with van der Waals surface area (Å²) < 4.78 is 0. The molecule has 0 heterocycles. The quantitative estimate of drug-likeness (QED) is 0.358. The third kappa shape index (κ3) is 10.0. The van der Waals surface area contributed by atoms with E-state index in [-0.39, 0.29) is 5.88 Å². The summed E-state index contributed by atoms with van der Waals surface area (Å²) in [7, 11) is 0. The van der Waals surface area contributed by atoms with E-state index in [9.17, 15) is 0 Å². The van der Waals surface area contributed by atoms with E-state index in [1.54, 1.807) is 6.92 Å². The average molecular weight is 141 g/mol. The predicted molar refractivity (Wildman–Crippen MR) is 46.4 cm³/mol. The topological polar surface area (TPSA) is 32.6 Å². The van der Waals surface area contributed by atoms with Crippen LogP contribution in [-0.2, 0) is 0 Å². The van der Waals surface area contributed by atoms with Crippen LogP contribution in [0, 0.1) is 0 Å².